The van der Waals surface area contributed by atoms with Crippen LogP contribution in [0, 0.1) is 0 Å². The van der Waals surface area contributed by atoms with E-state index in [1.54, 1.807) is 0 Å². The maximum Gasteiger partial charge on any atom is 0.0164 e. The van der Waals surface area contributed by atoms with Crippen molar-refractivity contribution < 1.29 is 0 Å². The van der Waals surface area contributed by atoms with E-state index in [0.29, 0.717) is 0 Å². The van der Waals surface area contributed by atoms with Crippen LogP contribution in [-0.2, 0) is 0 Å². The Balaban J connectivity index is 2.16. The van der Waals surface area contributed by atoms with Crippen molar-refractivity contribution in [1.82, 2.24) is 10.2 Å². The quantitative estimate of drug-likeness (QED) is 0.654. The largest absolute Gasteiger partial charge is 0.311 e. The number of rotatable bonds is 6. The molecule has 82 valence electrons. The Kier molecular flexibility index (Phi) is 4.14. The van der Waals surface area contributed by atoms with Gasteiger partial charge in [-0.05, 0) is 33.6 Å². The Morgan fingerprint density at radius 1 is 1.43 bits per heavy atom. The van der Waals surface area contributed by atoms with Crippen molar-refractivity contribution in [1.29, 1.82) is 0 Å². The molecule has 0 bridgehead atoms. The van der Waals surface area contributed by atoms with E-state index in [9.17, 15) is 0 Å². The third-order valence-corrected chi connectivity index (χ3v) is 2.48. The highest BCUT2D eigenvalue weighted by Crippen LogP contribution is 2.26. The second-order valence-electron chi connectivity index (χ2n) is 5.19. The smallest absolute Gasteiger partial charge is 0.0164 e. The fourth-order valence-electron chi connectivity index (χ4n) is 1.60. The van der Waals surface area contributed by atoms with Gasteiger partial charge in [-0.15, -0.1) is 6.58 Å². The van der Waals surface area contributed by atoms with Crippen LogP contribution in [-0.4, -0.2) is 36.1 Å². The first-order chi connectivity index (χ1) is 6.53. The molecule has 1 rings (SSSR count). The van der Waals surface area contributed by atoms with Gasteiger partial charge in [0.15, 0.2) is 0 Å². The van der Waals surface area contributed by atoms with Gasteiger partial charge in [-0.3, -0.25) is 4.90 Å². The van der Waals surface area contributed by atoms with Gasteiger partial charge in [0, 0.05) is 31.2 Å². The fourth-order valence-corrected chi connectivity index (χ4v) is 1.60. The summed E-state index contributed by atoms with van der Waals surface area (Å²) in [6, 6.07) is 0.842. The lowest BCUT2D eigenvalue weighted by molar-refractivity contribution is 0.276. The van der Waals surface area contributed by atoms with Crippen molar-refractivity contribution in [3.05, 3.63) is 12.7 Å². The normalized spacial score (nSPS) is 17.4. The zero-order chi connectivity index (χ0) is 10.6. The monoisotopic (exact) mass is 196 g/mol. The average molecular weight is 196 g/mol. The molecular formula is C12H24N2. The Bertz CT molecular complexity index is 177. The van der Waals surface area contributed by atoms with E-state index in [1.165, 1.54) is 12.8 Å². The van der Waals surface area contributed by atoms with Gasteiger partial charge in [0.25, 0.3) is 0 Å². The lowest BCUT2D eigenvalue weighted by atomic mass is 10.1. The SMILES string of the molecule is C=CCN(CCNC(C)(C)C)C1CC1. The van der Waals surface area contributed by atoms with Gasteiger partial charge in [-0.2, -0.15) is 0 Å². The predicted octanol–water partition coefficient (Wildman–Crippen LogP) is 2.02. The summed E-state index contributed by atoms with van der Waals surface area (Å²) >= 11 is 0. The Hall–Kier alpha value is -0.340. The molecule has 2 heteroatoms. The first-order valence-electron chi connectivity index (χ1n) is 5.63. The van der Waals surface area contributed by atoms with E-state index in [4.69, 9.17) is 0 Å². The molecule has 2 nitrogen and oxygen atoms in total. The summed E-state index contributed by atoms with van der Waals surface area (Å²) in [7, 11) is 0. The van der Waals surface area contributed by atoms with E-state index < -0.39 is 0 Å². The number of nitrogens with zero attached hydrogens (tertiary/aromatic N) is 1. The molecule has 0 aromatic carbocycles. The molecule has 1 fully saturated rings. The summed E-state index contributed by atoms with van der Waals surface area (Å²) in [5.41, 5.74) is 0.239. The van der Waals surface area contributed by atoms with Crippen molar-refractivity contribution in [2.75, 3.05) is 19.6 Å². The summed E-state index contributed by atoms with van der Waals surface area (Å²) in [5, 5.41) is 3.52. The van der Waals surface area contributed by atoms with Crippen LogP contribution in [0.2, 0.25) is 0 Å². The molecule has 0 amide bonds. The molecule has 14 heavy (non-hydrogen) atoms. The van der Waals surface area contributed by atoms with Gasteiger partial charge in [-0.25, -0.2) is 0 Å². The van der Waals surface area contributed by atoms with Crippen LogP contribution in [0.15, 0.2) is 12.7 Å². The minimum Gasteiger partial charge on any atom is -0.311 e. The Morgan fingerprint density at radius 2 is 2.07 bits per heavy atom. The van der Waals surface area contributed by atoms with Gasteiger partial charge in [0.2, 0.25) is 0 Å². The van der Waals surface area contributed by atoms with Crippen LogP contribution in [0.5, 0.6) is 0 Å². The van der Waals surface area contributed by atoms with E-state index in [-0.39, 0.29) is 5.54 Å². The number of nitrogens with one attached hydrogen (secondary N) is 1. The van der Waals surface area contributed by atoms with E-state index in [1.807, 2.05) is 6.08 Å². The summed E-state index contributed by atoms with van der Waals surface area (Å²) < 4.78 is 0. The van der Waals surface area contributed by atoms with Crippen molar-refractivity contribution in [2.24, 2.45) is 0 Å². The van der Waals surface area contributed by atoms with Crippen LogP contribution >= 0.6 is 0 Å². The van der Waals surface area contributed by atoms with Gasteiger partial charge in [-0.1, -0.05) is 6.08 Å². The molecule has 1 aliphatic rings. The van der Waals surface area contributed by atoms with Crippen LogP contribution in [0.25, 0.3) is 0 Å². The van der Waals surface area contributed by atoms with Gasteiger partial charge >= 0.3 is 0 Å². The van der Waals surface area contributed by atoms with Crippen LogP contribution in [0.4, 0.5) is 0 Å². The van der Waals surface area contributed by atoms with Gasteiger partial charge in [0.05, 0.1) is 0 Å². The minimum absolute atomic E-state index is 0.239. The van der Waals surface area contributed by atoms with Crippen LogP contribution < -0.4 is 5.32 Å². The zero-order valence-corrected chi connectivity index (χ0v) is 9.84. The molecule has 0 aromatic rings. The molecule has 1 saturated carbocycles. The fraction of sp³-hybridized carbons (Fsp3) is 0.833. The summed E-state index contributed by atoms with van der Waals surface area (Å²) in [5.74, 6) is 0. The molecule has 0 aromatic heterocycles. The first-order valence-corrected chi connectivity index (χ1v) is 5.63. The van der Waals surface area contributed by atoms with Crippen molar-refractivity contribution in [2.45, 2.75) is 45.2 Å². The zero-order valence-electron chi connectivity index (χ0n) is 9.84. The second-order valence-corrected chi connectivity index (χ2v) is 5.19. The molecule has 0 spiro atoms. The minimum atomic E-state index is 0.239. The Labute approximate surface area is 88.4 Å². The standard InChI is InChI=1S/C12H24N2/c1-5-9-14(11-6-7-11)10-8-13-12(2,3)4/h5,11,13H,1,6-10H2,2-4H3. The lowest BCUT2D eigenvalue weighted by Crippen LogP contribution is -2.42. The molecule has 0 saturated heterocycles. The van der Waals surface area contributed by atoms with Gasteiger partial charge in [0.1, 0.15) is 0 Å². The summed E-state index contributed by atoms with van der Waals surface area (Å²) in [4.78, 5) is 2.52. The molecule has 1 N–H and O–H groups in total. The maximum absolute atomic E-state index is 3.81. The topological polar surface area (TPSA) is 15.3 Å². The second kappa shape index (κ2) is 4.94. The van der Waals surface area contributed by atoms with E-state index in [0.717, 1.165) is 25.7 Å². The Morgan fingerprint density at radius 3 is 2.50 bits per heavy atom. The average Bonchev–Trinajstić information content (AvgIpc) is 2.83. The molecule has 0 aliphatic heterocycles. The highest BCUT2D eigenvalue weighted by atomic mass is 15.2. The third kappa shape index (κ3) is 4.77. The third-order valence-electron chi connectivity index (χ3n) is 2.48. The number of hydrogen-bond acceptors (Lipinski definition) is 2. The first kappa shape index (κ1) is 11.7. The molecule has 1 aliphatic carbocycles. The highest BCUT2D eigenvalue weighted by Gasteiger charge is 2.27. The predicted molar refractivity (Wildman–Crippen MR) is 62.5 cm³/mol. The molecule has 0 unspecified atom stereocenters. The van der Waals surface area contributed by atoms with E-state index in [2.05, 4.69) is 37.6 Å². The van der Waals surface area contributed by atoms with E-state index >= 15 is 0 Å². The molecule has 0 heterocycles. The number of hydrogen-bond donors (Lipinski definition) is 1. The molecule has 0 atom stereocenters. The van der Waals surface area contributed by atoms with Crippen LogP contribution in [0.3, 0.4) is 0 Å². The highest BCUT2D eigenvalue weighted by molar-refractivity contribution is 4.88. The summed E-state index contributed by atoms with van der Waals surface area (Å²) in [6.07, 6.45) is 4.77. The maximum atomic E-state index is 3.81. The van der Waals surface area contributed by atoms with Crippen molar-refractivity contribution in [3.8, 4) is 0 Å². The van der Waals surface area contributed by atoms with Crippen LogP contribution in [0.1, 0.15) is 33.6 Å². The molecular weight excluding hydrogens is 172 g/mol. The van der Waals surface area contributed by atoms with Crippen molar-refractivity contribution in [3.63, 3.8) is 0 Å². The van der Waals surface area contributed by atoms with Gasteiger partial charge < -0.3 is 5.32 Å². The molecule has 0 radical (unpaired) electrons. The summed E-state index contributed by atoms with van der Waals surface area (Å²) in [6.45, 7) is 13.7. The van der Waals surface area contributed by atoms with Crippen molar-refractivity contribution >= 4 is 0 Å². The lowest BCUT2D eigenvalue weighted by Gasteiger charge is -2.25.